The van der Waals surface area contributed by atoms with E-state index in [2.05, 4.69) is 10.6 Å². The molecule has 7 nitrogen and oxygen atoms in total. The predicted octanol–water partition coefficient (Wildman–Crippen LogP) is 1.79. The minimum atomic E-state index is -0.359. The third-order valence-corrected chi connectivity index (χ3v) is 7.33. The van der Waals surface area contributed by atoms with E-state index in [1.54, 1.807) is 0 Å². The number of amidine groups is 1. The second-order valence-electron chi connectivity index (χ2n) is 9.27. The lowest BCUT2D eigenvalue weighted by molar-refractivity contribution is -0.142. The average molecular weight is 426 g/mol. The molecule has 4 atom stereocenters. The van der Waals surface area contributed by atoms with Gasteiger partial charge in [-0.05, 0) is 62.1 Å². The molecular weight excluding hydrogens is 390 g/mol. The van der Waals surface area contributed by atoms with Crippen molar-refractivity contribution < 1.29 is 9.59 Å². The Morgan fingerprint density at radius 2 is 2.00 bits per heavy atom. The minimum Gasteiger partial charge on any atom is -0.384 e. The Balaban J connectivity index is 1.33. The number of piperidine rings is 1. The maximum Gasteiger partial charge on any atom is 0.242 e. The zero-order valence-electron chi connectivity index (χ0n) is 18.2. The Labute approximate surface area is 184 Å². The molecule has 2 saturated heterocycles. The van der Waals surface area contributed by atoms with Gasteiger partial charge in [0.15, 0.2) is 0 Å². The first-order valence-corrected chi connectivity index (χ1v) is 11.8. The Morgan fingerprint density at radius 3 is 2.84 bits per heavy atom. The van der Waals surface area contributed by atoms with Gasteiger partial charge in [-0.15, -0.1) is 0 Å². The van der Waals surface area contributed by atoms with E-state index in [0.717, 1.165) is 31.4 Å². The molecular formula is C24H35N5O2. The van der Waals surface area contributed by atoms with Crippen LogP contribution in [0.4, 0.5) is 0 Å². The van der Waals surface area contributed by atoms with Gasteiger partial charge in [0.25, 0.3) is 0 Å². The van der Waals surface area contributed by atoms with E-state index in [1.165, 1.54) is 25.7 Å². The van der Waals surface area contributed by atoms with Crippen molar-refractivity contribution in [3.63, 3.8) is 0 Å². The van der Waals surface area contributed by atoms with Crippen LogP contribution in [0.3, 0.4) is 0 Å². The molecule has 0 bridgehead atoms. The molecule has 0 radical (unpaired) electrons. The van der Waals surface area contributed by atoms with E-state index < -0.39 is 0 Å². The highest BCUT2D eigenvalue weighted by Crippen LogP contribution is 2.37. The van der Waals surface area contributed by atoms with Crippen molar-refractivity contribution in [1.29, 1.82) is 5.41 Å². The van der Waals surface area contributed by atoms with Crippen LogP contribution >= 0.6 is 0 Å². The number of fused-ring (bicyclic) bond motifs is 1. The molecule has 3 aliphatic rings. The zero-order valence-corrected chi connectivity index (χ0v) is 18.2. The topological polar surface area (TPSA) is 111 Å². The van der Waals surface area contributed by atoms with Gasteiger partial charge in [-0.2, -0.15) is 0 Å². The van der Waals surface area contributed by atoms with Crippen LogP contribution in [-0.2, 0) is 16.0 Å². The van der Waals surface area contributed by atoms with Crippen LogP contribution in [0.25, 0.3) is 0 Å². The summed E-state index contributed by atoms with van der Waals surface area (Å²) in [4.78, 5) is 28.2. The van der Waals surface area contributed by atoms with Gasteiger partial charge in [-0.3, -0.25) is 15.0 Å². The fourth-order valence-corrected chi connectivity index (χ4v) is 5.70. The Bertz CT molecular complexity index is 824. The Morgan fingerprint density at radius 1 is 1.16 bits per heavy atom. The second-order valence-corrected chi connectivity index (χ2v) is 9.27. The first-order chi connectivity index (χ1) is 15.0. The van der Waals surface area contributed by atoms with Gasteiger partial charge < -0.3 is 21.3 Å². The molecule has 1 saturated carbocycles. The Hall–Kier alpha value is -2.41. The summed E-state index contributed by atoms with van der Waals surface area (Å²) in [5.74, 6) is 1.20. The summed E-state index contributed by atoms with van der Waals surface area (Å²) in [6, 6.07) is 7.06. The van der Waals surface area contributed by atoms with Crippen molar-refractivity contribution in [2.24, 2.45) is 17.6 Å². The summed E-state index contributed by atoms with van der Waals surface area (Å²) in [6.07, 6.45) is 8.31. The van der Waals surface area contributed by atoms with Gasteiger partial charge in [-0.25, -0.2) is 0 Å². The predicted molar refractivity (Wildman–Crippen MR) is 121 cm³/mol. The maximum atomic E-state index is 13.4. The fourth-order valence-electron chi connectivity index (χ4n) is 5.70. The summed E-state index contributed by atoms with van der Waals surface area (Å²) in [6.45, 7) is 2.08. The minimum absolute atomic E-state index is 0.0440. The number of carbonyl (C=O) groups is 2. The van der Waals surface area contributed by atoms with Crippen molar-refractivity contribution >= 4 is 17.6 Å². The third-order valence-electron chi connectivity index (χ3n) is 7.33. The molecule has 2 amide bonds. The molecule has 4 rings (SSSR count). The van der Waals surface area contributed by atoms with Crippen molar-refractivity contribution in [1.82, 2.24) is 15.5 Å². The number of nitrogen functional groups attached to an aromatic ring is 1. The highest BCUT2D eigenvalue weighted by Gasteiger charge is 2.43. The molecule has 7 heteroatoms. The molecule has 1 aromatic carbocycles. The summed E-state index contributed by atoms with van der Waals surface area (Å²) < 4.78 is 0. The molecule has 0 aromatic heterocycles. The zero-order chi connectivity index (χ0) is 21.8. The van der Waals surface area contributed by atoms with E-state index in [4.69, 9.17) is 11.1 Å². The van der Waals surface area contributed by atoms with Crippen LogP contribution in [0.15, 0.2) is 24.3 Å². The third kappa shape index (κ3) is 4.92. The number of rotatable bonds is 6. The molecule has 2 heterocycles. The van der Waals surface area contributed by atoms with Crippen LogP contribution in [0, 0.1) is 17.2 Å². The molecule has 2 unspecified atom stereocenters. The highest BCUT2D eigenvalue weighted by atomic mass is 16.2. The van der Waals surface area contributed by atoms with Gasteiger partial charge in [0.05, 0.1) is 6.04 Å². The van der Waals surface area contributed by atoms with Crippen LogP contribution in [0.2, 0.25) is 0 Å². The molecule has 3 fully saturated rings. The lowest BCUT2D eigenvalue weighted by Gasteiger charge is -2.43. The molecule has 2 aliphatic heterocycles. The van der Waals surface area contributed by atoms with Crippen molar-refractivity contribution in [3.8, 4) is 0 Å². The number of nitrogens with one attached hydrogen (secondary N) is 3. The highest BCUT2D eigenvalue weighted by molar-refractivity contribution is 5.95. The van der Waals surface area contributed by atoms with Crippen LogP contribution in [0.1, 0.15) is 56.1 Å². The van der Waals surface area contributed by atoms with Crippen LogP contribution in [0.5, 0.6) is 0 Å². The number of amides is 2. The monoisotopic (exact) mass is 425 g/mol. The molecule has 1 aromatic rings. The standard InChI is InChI=1S/C24H35N5O2/c25-22(26)18-7-3-5-16(15-18)10-12-28-23(30)20-9-4-14-29(20)24(31)21-19-8-2-1-6-17(19)11-13-27-21/h3,5,7,15,17,19-21,27H,1-2,4,6,8-14H2,(H3,25,26)(H,28,30)/t17-,19?,20-,21?/m0/s1. The number of hydrogen-bond donors (Lipinski definition) is 4. The number of benzene rings is 1. The van der Waals surface area contributed by atoms with Gasteiger partial charge in [-0.1, -0.05) is 37.5 Å². The molecule has 5 N–H and O–H groups in total. The SMILES string of the molecule is N=C(N)c1cccc(CCNC(=O)[C@@H]2CCCN2C(=O)C2NCC[C@@H]3CCCCC23)c1. The average Bonchev–Trinajstić information content (AvgIpc) is 3.28. The van der Waals surface area contributed by atoms with E-state index in [0.29, 0.717) is 36.9 Å². The number of nitrogens with zero attached hydrogens (tertiary/aromatic N) is 1. The summed E-state index contributed by atoms with van der Waals surface area (Å²) in [7, 11) is 0. The quantitative estimate of drug-likeness (QED) is 0.411. The molecule has 0 spiro atoms. The second kappa shape index (κ2) is 9.81. The normalized spacial score (nSPS) is 28.1. The first-order valence-electron chi connectivity index (χ1n) is 11.8. The van der Waals surface area contributed by atoms with Crippen molar-refractivity contribution in [3.05, 3.63) is 35.4 Å². The lowest BCUT2D eigenvalue weighted by atomic mass is 9.71. The number of carbonyl (C=O) groups excluding carboxylic acids is 2. The summed E-state index contributed by atoms with van der Waals surface area (Å²) in [5, 5.41) is 14.1. The van der Waals surface area contributed by atoms with E-state index in [1.807, 2.05) is 29.2 Å². The fraction of sp³-hybridized carbons (Fsp3) is 0.625. The van der Waals surface area contributed by atoms with Gasteiger partial charge in [0.1, 0.15) is 11.9 Å². The largest absolute Gasteiger partial charge is 0.384 e. The Kier molecular flexibility index (Phi) is 6.90. The van der Waals surface area contributed by atoms with Gasteiger partial charge in [0.2, 0.25) is 11.8 Å². The van der Waals surface area contributed by atoms with E-state index in [-0.39, 0.29) is 29.7 Å². The summed E-state index contributed by atoms with van der Waals surface area (Å²) in [5.41, 5.74) is 7.28. The maximum absolute atomic E-state index is 13.4. The number of nitrogens with two attached hydrogens (primary N) is 1. The van der Waals surface area contributed by atoms with Gasteiger partial charge >= 0.3 is 0 Å². The molecule has 31 heavy (non-hydrogen) atoms. The van der Waals surface area contributed by atoms with Crippen molar-refractivity contribution in [2.45, 2.75) is 63.5 Å². The summed E-state index contributed by atoms with van der Waals surface area (Å²) >= 11 is 0. The number of hydrogen-bond acceptors (Lipinski definition) is 4. The van der Waals surface area contributed by atoms with Crippen LogP contribution in [-0.4, -0.2) is 54.3 Å². The van der Waals surface area contributed by atoms with E-state index in [9.17, 15) is 9.59 Å². The van der Waals surface area contributed by atoms with Gasteiger partial charge in [0, 0.05) is 18.7 Å². The van der Waals surface area contributed by atoms with Crippen LogP contribution < -0.4 is 16.4 Å². The number of likely N-dealkylation sites (tertiary alicyclic amines) is 1. The lowest BCUT2D eigenvalue weighted by Crippen LogP contribution is -2.58. The first kappa shape index (κ1) is 21.8. The van der Waals surface area contributed by atoms with Crippen molar-refractivity contribution in [2.75, 3.05) is 19.6 Å². The smallest absolute Gasteiger partial charge is 0.242 e. The molecule has 168 valence electrons. The van der Waals surface area contributed by atoms with E-state index >= 15 is 0 Å². The molecule has 1 aliphatic carbocycles.